The van der Waals surface area contributed by atoms with Crippen molar-refractivity contribution in [3.05, 3.63) is 0 Å². The molecule has 0 aromatic carbocycles. The van der Waals surface area contributed by atoms with Gasteiger partial charge in [-0.15, -0.1) is 23.2 Å². The van der Waals surface area contributed by atoms with E-state index in [-0.39, 0.29) is 5.97 Å². The van der Waals surface area contributed by atoms with Crippen LogP contribution in [0.25, 0.3) is 0 Å². The van der Waals surface area contributed by atoms with E-state index in [1.165, 1.54) is 7.11 Å². The van der Waals surface area contributed by atoms with E-state index >= 15 is 0 Å². The number of hydrogen-bond donors (Lipinski definition) is 0. The first-order valence-electron chi connectivity index (χ1n) is 2.90. The number of alkyl halides is 2. The van der Waals surface area contributed by atoms with Gasteiger partial charge < -0.3 is 4.74 Å². The molecule has 0 unspecified atom stereocenters. The molecule has 0 aromatic heterocycles. The fourth-order valence-corrected chi connectivity index (χ4v) is 0.863. The third-order valence-corrected chi connectivity index (χ3v) is 1.87. The van der Waals surface area contributed by atoms with Gasteiger partial charge in [0.25, 0.3) is 0 Å². The lowest BCUT2D eigenvalue weighted by Crippen LogP contribution is -2.14. The fraction of sp³-hybridized carbons (Fsp3) is 0.800. The van der Waals surface area contributed by atoms with Crippen molar-refractivity contribution in [1.29, 1.82) is 0 Å². The third kappa shape index (κ3) is 6.39. The standard InChI is InChI=1S/C5H10Cl2O2Si/c1-9-4(8)2-3-5(6,7)10/h2-3H2,1,10H3. The highest BCUT2D eigenvalue weighted by Crippen LogP contribution is 2.21. The molecule has 0 atom stereocenters. The molecule has 10 heavy (non-hydrogen) atoms. The molecule has 0 N–H and O–H groups in total. The van der Waals surface area contributed by atoms with Crippen molar-refractivity contribution in [2.75, 3.05) is 7.11 Å². The van der Waals surface area contributed by atoms with E-state index in [1.807, 2.05) is 0 Å². The molecule has 2 nitrogen and oxygen atoms in total. The molecule has 0 bridgehead atoms. The summed E-state index contributed by atoms with van der Waals surface area (Å²) in [5.41, 5.74) is 0. The summed E-state index contributed by atoms with van der Waals surface area (Å²) in [4.78, 5) is 10.5. The lowest BCUT2D eigenvalue weighted by Gasteiger charge is -2.10. The van der Waals surface area contributed by atoms with Crippen LogP contribution >= 0.6 is 23.2 Å². The summed E-state index contributed by atoms with van der Waals surface area (Å²) in [6, 6.07) is 0. The second-order valence-electron chi connectivity index (χ2n) is 2.15. The quantitative estimate of drug-likeness (QED) is 0.376. The zero-order chi connectivity index (χ0) is 8.20. The van der Waals surface area contributed by atoms with Gasteiger partial charge in [-0.1, -0.05) is 0 Å². The molecular weight excluding hydrogens is 191 g/mol. The zero-order valence-electron chi connectivity index (χ0n) is 5.99. The molecule has 0 saturated carbocycles. The molecule has 0 aromatic rings. The van der Waals surface area contributed by atoms with E-state index in [0.717, 1.165) is 0 Å². The zero-order valence-corrected chi connectivity index (χ0v) is 9.50. The lowest BCUT2D eigenvalue weighted by molar-refractivity contribution is -0.140. The molecule has 5 heteroatoms. The number of methoxy groups -OCH3 is 1. The van der Waals surface area contributed by atoms with Gasteiger partial charge in [-0.25, -0.2) is 0 Å². The summed E-state index contributed by atoms with van der Waals surface area (Å²) in [6.07, 6.45) is 0.780. The minimum absolute atomic E-state index is 0.262. The number of carbonyl (C=O) groups is 1. The molecule has 0 heterocycles. The molecule has 0 rings (SSSR count). The van der Waals surface area contributed by atoms with Crippen molar-refractivity contribution >= 4 is 39.4 Å². The maximum absolute atomic E-state index is 10.5. The van der Waals surface area contributed by atoms with Crippen LogP contribution in [0.1, 0.15) is 12.8 Å². The van der Waals surface area contributed by atoms with Crippen molar-refractivity contribution in [2.24, 2.45) is 0 Å². The van der Waals surface area contributed by atoms with Crippen LogP contribution < -0.4 is 0 Å². The van der Waals surface area contributed by atoms with E-state index < -0.39 is 3.96 Å². The average Bonchev–Trinajstić information content (AvgIpc) is 1.81. The highest BCUT2D eigenvalue weighted by atomic mass is 35.5. The van der Waals surface area contributed by atoms with Crippen molar-refractivity contribution in [3.63, 3.8) is 0 Å². The van der Waals surface area contributed by atoms with Crippen molar-refractivity contribution in [2.45, 2.75) is 16.8 Å². The molecule has 0 aliphatic heterocycles. The summed E-state index contributed by atoms with van der Waals surface area (Å²) < 4.78 is 3.72. The number of halogens is 2. The summed E-state index contributed by atoms with van der Waals surface area (Å²) in [5, 5.41) is 0. The molecule has 0 fully saturated rings. The van der Waals surface area contributed by atoms with E-state index in [0.29, 0.717) is 23.1 Å². The number of carbonyl (C=O) groups excluding carboxylic acids is 1. The van der Waals surface area contributed by atoms with Gasteiger partial charge in [-0.05, 0) is 6.42 Å². The Bertz CT molecular complexity index is 121. The monoisotopic (exact) mass is 200 g/mol. The minimum Gasteiger partial charge on any atom is -0.469 e. The van der Waals surface area contributed by atoms with Crippen LogP contribution in [0, 0.1) is 0 Å². The summed E-state index contributed by atoms with van der Waals surface area (Å²) in [5.74, 6) is -0.262. The number of hydrogen-bond acceptors (Lipinski definition) is 2. The Kier molecular flexibility index (Phi) is 4.32. The molecular formula is C5H10Cl2O2Si. The van der Waals surface area contributed by atoms with Gasteiger partial charge in [0.2, 0.25) is 0 Å². The Morgan fingerprint density at radius 2 is 2.20 bits per heavy atom. The second kappa shape index (κ2) is 4.21. The summed E-state index contributed by atoms with van der Waals surface area (Å²) in [6.45, 7) is 0. The van der Waals surface area contributed by atoms with Gasteiger partial charge in [0, 0.05) is 16.7 Å². The molecule has 0 saturated heterocycles. The van der Waals surface area contributed by atoms with Gasteiger partial charge in [-0.2, -0.15) is 0 Å². The minimum atomic E-state index is -0.686. The Morgan fingerprint density at radius 3 is 2.50 bits per heavy atom. The van der Waals surface area contributed by atoms with Crippen molar-refractivity contribution in [3.8, 4) is 0 Å². The highest BCUT2D eigenvalue weighted by molar-refractivity contribution is 6.65. The van der Waals surface area contributed by atoms with Crippen LogP contribution in [0.5, 0.6) is 0 Å². The Labute approximate surface area is 73.3 Å². The third-order valence-electron chi connectivity index (χ3n) is 0.996. The van der Waals surface area contributed by atoms with Crippen LogP contribution in [0.15, 0.2) is 0 Å². The first kappa shape index (κ1) is 10.3. The largest absolute Gasteiger partial charge is 0.469 e. The van der Waals surface area contributed by atoms with E-state index in [4.69, 9.17) is 23.2 Å². The van der Waals surface area contributed by atoms with Crippen LogP contribution in [0.2, 0.25) is 0 Å². The van der Waals surface area contributed by atoms with Crippen LogP contribution in [-0.4, -0.2) is 27.3 Å². The molecule has 0 radical (unpaired) electrons. The lowest BCUT2D eigenvalue weighted by atomic mass is 10.3. The van der Waals surface area contributed by atoms with Gasteiger partial charge in [0.15, 0.2) is 0 Å². The molecule has 0 aliphatic carbocycles. The molecule has 0 amide bonds. The Hall–Kier alpha value is 0.267. The fourth-order valence-electron chi connectivity index (χ4n) is 0.424. The Balaban J connectivity index is 3.46. The second-order valence-corrected chi connectivity index (χ2v) is 6.98. The maximum Gasteiger partial charge on any atom is 0.305 e. The highest BCUT2D eigenvalue weighted by Gasteiger charge is 2.17. The summed E-state index contributed by atoms with van der Waals surface area (Å²) >= 11 is 11.3. The molecule has 0 aliphatic rings. The van der Waals surface area contributed by atoms with Gasteiger partial charge >= 0.3 is 5.97 Å². The number of ether oxygens (including phenoxy) is 1. The summed E-state index contributed by atoms with van der Waals surface area (Å²) in [7, 11) is 2.01. The van der Waals surface area contributed by atoms with Crippen molar-refractivity contribution < 1.29 is 9.53 Å². The van der Waals surface area contributed by atoms with Crippen LogP contribution in [0.4, 0.5) is 0 Å². The van der Waals surface area contributed by atoms with E-state index in [9.17, 15) is 4.79 Å². The van der Waals surface area contributed by atoms with Crippen LogP contribution in [-0.2, 0) is 9.53 Å². The van der Waals surface area contributed by atoms with Gasteiger partial charge in [-0.3, -0.25) is 4.79 Å². The molecule has 0 spiro atoms. The average molecular weight is 201 g/mol. The first-order chi connectivity index (χ1) is 4.45. The normalized spacial score (nSPS) is 11.5. The maximum atomic E-state index is 10.5. The number of rotatable bonds is 3. The van der Waals surface area contributed by atoms with Gasteiger partial charge in [0.1, 0.15) is 0 Å². The SMILES string of the molecule is COC(=O)CCC([SiH3])(Cl)Cl. The van der Waals surface area contributed by atoms with Crippen molar-refractivity contribution in [1.82, 2.24) is 0 Å². The molecule has 60 valence electrons. The van der Waals surface area contributed by atoms with Gasteiger partial charge in [0.05, 0.1) is 11.1 Å². The Morgan fingerprint density at radius 1 is 1.70 bits per heavy atom. The van der Waals surface area contributed by atoms with Crippen LogP contribution in [0.3, 0.4) is 0 Å². The van der Waals surface area contributed by atoms with E-state index in [1.54, 1.807) is 0 Å². The smallest absolute Gasteiger partial charge is 0.305 e. The predicted molar refractivity (Wildman–Crippen MR) is 45.6 cm³/mol. The van der Waals surface area contributed by atoms with E-state index in [2.05, 4.69) is 4.74 Å². The predicted octanol–water partition coefficient (Wildman–Crippen LogP) is 0.436. The topological polar surface area (TPSA) is 26.3 Å². The first-order valence-corrected chi connectivity index (χ1v) is 4.66. The number of esters is 1.